The summed E-state index contributed by atoms with van der Waals surface area (Å²) < 4.78 is 6.56. The lowest BCUT2D eigenvalue weighted by atomic mass is 10.2. The van der Waals surface area contributed by atoms with Crippen LogP contribution in [-0.2, 0) is 4.79 Å². The van der Waals surface area contributed by atoms with Crippen molar-refractivity contribution in [2.75, 3.05) is 6.61 Å². The smallest absolute Gasteiger partial charge is 0.240 e. The summed E-state index contributed by atoms with van der Waals surface area (Å²) in [5.41, 5.74) is 4.54. The van der Waals surface area contributed by atoms with Gasteiger partial charge in [0.05, 0.1) is 17.3 Å². The van der Waals surface area contributed by atoms with Crippen LogP contribution in [0.1, 0.15) is 24.0 Å². The molecule has 5 nitrogen and oxygen atoms in total. The maximum Gasteiger partial charge on any atom is 0.240 e. The molecular weight excluding hydrogens is 358 g/mol. The molecule has 1 heterocycles. The van der Waals surface area contributed by atoms with Gasteiger partial charge in [-0.15, -0.1) is 0 Å². The van der Waals surface area contributed by atoms with Crippen molar-refractivity contribution in [3.63, 3.8) is 0 Å². The Morgan fingerprint density at radius 1 is 1.35 bits per heavy atom. The third-order valence-electron chi connectivity index (χ3n) is 3.00. The van der Waals surface area contributed by atoms with Gasteiger partial charge in [-0.2, -0.15) is 5.10 Å². The van der Waals surface area contributed by atoms with Crippen LogP contribution in [0.3, 0.4) is 0 Å². The highest BCUT2D eigenvalue weighted by atomic mass is 79.9. The number of halogens is 1. The lowest BCUT2D eigenvalue weighted by Gasteiger charge is -2.08. The number of hydrogen-bond acceptors (Lipinski definition) is 4. The molecule has 0 saturated carbocycles. The molecule has 0 fully saturated rings. The SMILES string of the molecule is Cc1ccc(OCCCC(=O)N/N=C/c2ccncc2)c(Br)c1. The normalized spacial score (nSPS) is 10.7. The van der Waals surface area contributed by atoms with Gasteiger partial charge in [-0.1, -0.05) is 6.07 Å². The second-order valence-electron chi connectivity index (χ2n) is 4.96. The number of pyridine rings is 1. The molecule has 1 N–H and O–H groups in total. The van der Waals surface area contributed by atoms with Crippen molar-refractivity contribution in [3.05, 3.63) is 58.3 Å². The molecule has 0 radical (unpaired) electrons. The van der Waals surface area contributed by atoms with E-state index in [1.807, 2.05) is 37.3 Å². The van der Waals surface area contributed by atoms with Gasteiger partial charge in [-0.05, 0) is 64.7 Å². The number of nitrogens with one attached hydrogen (secondary N) is 1. The number of hydrogen-bond donors (Lipinski definition) is 1. The molecule has 1 amide bonds. The second-order valence-corrected chi connectivity index (χ2v) is 5.81. The van der Waals surface area contributed by atoms with Gasteiger partial charge in [0.15, 0.2) is 0 Å². The molecule has 23 heavy (non-hydrogen) atoms. The van der Waals surface area contributed by atoms with Crippen LogP contribution in [0.5, 0.6) is 5.75 Å². The number of hydrazone groups is 1. The second kappa shape index (κ2) is 9.05. The van der Waals surface area contributed by atoms with E-state index in [2.05, 4.69) is 31.4 Å². The molecule has 0 unspecified atom stereocenters. The van der Waals surface area contributed by atoms with Gasteiger partial charge in [0, 0.05) is 18.8 Å². The van der Waals surface area contributed by atoms with E-state index >= 15 is 0 Å². The van der Waals surface area contributed by atoms with E-state index in [0.29, 0.717) is 19.4 Å². The van der Waals surface area contributed by atoms with Gasteiger partial charge in [-0.25, -0.2) is 5.43 Å². The Morgan fingerprint density at radius 3 is 2.87 bits per heavy atom. The van der Waals surface area contributed by atoms with Gasteiger partial charge >= 0.3 is 0 Å². The molecule has 2 aromatic rings. The average Bonchev–Trinajstić information content (AvgIpc) is 2.54. The Hall–Kier alpha value is -2.21. The van der Waals surface area contributed by atoms with Crippen LogP contribution in [-0.4, -0.2) is 23.7 Å². The van der Waals surface area contributed by atoms with Crippen molar-refractivity contribution in [2.45, 2.75) is 19.8 Å². The molecule has 0 aliphatic rings. The Bertz CT molecular complexity index is 675. The summed E-state index contributed by atoms with van der Waals surface area (Å²) in [7, 11) is 0. The van der Waals surface area contributed by atoms with Crippen LogP contribution in [0, 0.1) is 6.92 Å². The fraction of sp³-hybridized carbons (Fsp3) is 0.235. The molecule has 6 heteroatoms. The molecule has 0 spiro atoms. The zero-order valence-corrected chi connectivity index (χ0v) is 14.4. The molecule has 0 atom stereocenters. The average molecular weight is 376 g/mol. The molecule has 120 valence electrons. The topological polar surface area (TPSA) is 63.6 Å². The number of aryl methyl sites for hydroxylation is 1. The largest absolute Gasteiger partial charge is 0.492 e. The molecule has 0 saturated heterocycles. The first-order valence-corrected chi connectivity index (χ1v) is 8.05. The summed E-state index contributed by atoms with van der Waals surface area (Å²) in [4.78, 5) is 15.6. The number of nitrogens with zero attached hydrogens (tertiary/aromatic N) is 2. The molecule has 2 rings (SSSR count). The highest BCUT2D eigenvalue weighted by Gasteiger charge is 2.03. The molecule has 1 aromatic heterocycles. The predicted octanol–water partition coefficient (Wildman–Crippen LogP) is 3.46. The minimum absolute atomic E-state index is 0.137. The maximum absolute atomic E-state index is 11.7. The number of carbonyl (C=O) groups excluding carboxylic acids is 1. The number of rotatable bonds is 7. The van der Waals surface area contributed by atoms with Crippen LogP contribution >= 0.6 is 15.9 Å². The van der Waals surface area contributed by atoms with E-state index in [1.54, 1.807) is 18.6 Å². The summed E-state index contributed by atoms with van der Waals surface area (Å²) >= 11 is 3.46. The molecule has 0 bridgehead atoms. The highest BCUT2D eigenvalue weighted by molar-refractivity contribution is 9.10. The van der Waals surface area contributed by atoms with Crippen LogP contribution in [0.15, 0.2) is 52.3 Å². The summed E-state index contributed by atoms with van der Waals surface area (Å²) in [6, 6.07) is 9.51. The number of amides is 1. The lowest BCUT2D eigenvalue weighted by Crippen LogP contribution is -2.18. The van der Waals surface area contributed by atoms with Gasteiger partial charge in [0.25, 0.3) is 0 Å². The van der Waals surface area contributed by atoms with Crippen molar-refractivity contribution in [2.24, 2.45) is 5.10 Å². The van der Waals surface area contributed by atoms with Crippen molar-refractivity contribution < 1.29 is 9.53 Å². The monoisotopic (exact) mass is 375 g/mol. The summed E-state index contributed by atoms with van der Waals surface area (Å²) in [6.45, 7) is 2.49. The maximum atomic E-state index is 11.7. The summed E-state index contributed by atoms with van der Waals surface area (Å²) in [5.74, 6) is 0.647. The molecule has 0 aliphatic heterocycles. The molecule has 1 aromatic carbocycles. The van der Waals surface area contributed by atoms with Gasteiger partial charge < -0.3 is 4.74 Å². The standard InChI is InChI=1S/C17H18BrN3O2/c1-13-4-5-16(15(18)11-13)23-10-2-3-17(22)21-20-12-14-6-8-19-9-7-14/h4-9,11-12H,2-3,10H2,1H3,(H,21,22)/b20-12+. The first-order valence-electron chi connectivity index (χ1n) is 7.26. The van der Waals surface area contributed by atoms with Crippen molar-refractivity contribution >= 4 is 28.1 Å². The van der Waals surface area contributed by atoms with Gasteiger partial charge in [0.1, 0.15) is 5.75 Å². The van der Waals surface area contributed by atoms with E-state index in [9.17, 15) is 4.79 Å². The van der Waals surface area contributed by atoms with E-state index in [1.165, 1.54) is 0 Å². The third-order valence-corrected chi connectivity index (χ3v) is 3.62. The fourth-order valence-electron chi connectivity index (χ4n) is 1.82. The van der Waals surface area contributed by atoms with Crippen molar-refractivity contribution in [1.29, 1.82) is 0 Å². The minimum atomic E-state index is -0.137. The van der Waals surface area contributed by atoms with E-state index < -0.39 is 0 Å². The third kappa shape index (κ3) is 6.20. The first kappa shape index (κ1) is 17.1. The minimum Gasteiger partial charge on any atom is -0.492 e. The zero-order valence-electron chi connectivity index (χ0n) is 12.8. The van der Waals surface area contributed by atoms with Crippen molar-refractivity contribution in [3.8, 4) is 5.75 Å². The van der Waals surface area contributed by atoms with Crippen molar-refractivity contribution in [1.82, 2.24) is 10.4 Å². The van der Waals surface area contributed by atoms with E-state index in [0.717, 1.165) is 21.3 Å². The zero-order chi connectivity index (χ0) is 16.5. The number of carbonyl (C=O) groups is 1. The van der Waals surface area contributed by atoms with Crippen LogP contribution in [0.2, 0.25) is 0 Å². The lowest BCUT2D eigenvalue weighted by molar-refractivity contribution is -0.121. The van der Waals surface area contributed by atoms with Gasteiger partial charge in [0.2, 0.25) is 5.91 Å². The highest BCUT2D eigenvalue weighted by Crippen LogP contribution is 2.25. The Morgan fingerprint density at radius 2 is 2.13 bits per heavy atom. The summed E-state index contributed by atoms with van der Waals surface area (Å²) in [5, 5.41) is 3.90. The number of aromatic nitrogens is 1. The predicted molar refractivity (Wildman–Crippen MR) is 93.6 cm³/mol. The Labute approximate surface area is 143 Å². The van der Waals surface area contributed by atoms with Gasteiger partial charge in [-0.3, -0.25) is 9.78 Å². The molecular formula is C17H18BrN3O2. The number of benzene rings is 1. The van der Waals surface area contributed by atoms with E-state index in [4.69, 9.17) is 4.74 Å². The number of ether oxygens (including phenoxy) is 1. The fourth-order valence-corrected chi connectivity index (χ4v) is 2.43. The van der Waals surface area contributed by atoms with Crippen LogP contribution < -0.4 is 10.2 Å². The first-order chi connectivity index (χ1) is 11.1. The van der Waals surface area contributed by atoms with Crippen LogP contribution in [0.4, 0.5) is 0 Å². The Balaban J connectivity index is 1.66. The summed E-state index contributed by atoms with van der Waals surface area (Å²) in [6.07, 6.45) is 5.90. The van der Waals surface area contributed by atoms with E-state index in [-0.39, 0.29) is 5.91 Å². The Kier molecular flexibility index (Phi) is 6.75. The van der Waals surface area contributed by atoms with Crippen LogP contribution in [0.25, 0.3) is 0 Å². The quantitative estimate of drug-likeness (QED) is 0.457. The molecule has 0 aliphatic carbocycles.